The zero-order valence-corrected chi connectivity index (χ0v) is 18.9. The third-order valence-corrected chi connectivity index (χ3v) is 6.72. The molecule has 8 heteroatoms. The minimum Gasteiger partial charge on any atom is -0.494 e. The van der Waals surface area contributed by atoms with Crippen LogP contribution in [-0.2, 0) is 25.0 Å². The molecule has 0 saturated carbocycles. The first kappa shape index (κ1) is 23.1. The van der Waals surface area contributed by atoms with Gasteiger partial charge in [-0.15, -0.1) is 0 Å². The van der Waals surface area contributed by atoms with Crippen LogP contribution >= 0.6 is 0 Å². The molecule has 31 heavy (non-hydrogen) atoms. The summed E-state index contributed by atoms with van der Waals surface area (Å²) in [5.74, 6) is 0.301. The predicted octanol–water partition coefficient (Wildman–Crippen LogP) is 2.72. The molecule has 1 amide bonds. The smallest absolute Gasteiger partial charge is 0.240 e. The molecule has 1 fully saturated rings. The molecule has 1 saturated heterocycles. The van der Waals surface area contributed by atoms with E-state index in [2.05, 4.69) is 17.4 Å². The summed E-state index contributed by atoms with van der Waals surface area (Å²) in [6.45, 7) is 3.81. The lowest BCUT2D eigenvalue weighted by Crippen LogP contribution is -2.47. The van der Waals surface area contributed by atoms with Crippen molar-refractivity contribution in [2.24, 2.45) is 0 Å². The normalized spacial score (nSPS) is 15.8. The molecule has 0 aromatic heterocycles. The third-order valence-electron chi connectivity index (χ3n) is 5.58. The number of ether oxygens (including phenoxy) is 2. The summed E-state index contributed by atoms with van der Waals surface area (Å²) in [6.07, 6.45) is 2.69. The molecule has 0 aliphatic carbocycles. The number of hydrogen-bond donors (Lipinski definition) is 1. The number of carbonyl (C=O) groups excluding carboxylic acids is 1. The van der Waals surface area contributed by atoms with Crippen LogP contribution in [0.1, 0.15) is 25.3 Å². The number of nitrogens with one attached hydrogen (secondary N) is 1. The van der Waals surface area contributed by atoms with Gasteiger partial charge in [-0.2, -0.15) is 0 Å². The average molecular weight is 447 g/mol. The lowest BCUT2D eigenvalue weighted by Gasteiger charge is -2.38. The molecular formula is C23H30N2O5S. The fourth-order valence-corrected chi connectivity index (χ4v) is 4.71. The molecule has 3 rings (SSSR count). The molecule has 2 aromatic carbocycles. The van der Waals surface area contributed by atoms with Crippen molar-refractivity contribution in [2.45, 2.75) is 25.2 Å². The molecule has 0 spiro atoms. The van der Waals surface area contributed by atoms with Gasteiger partial charge in [-0.3, -0.25) is 9.10 Å². The first-order chi connectivity index (χ1) is 14.8. The maximum absolute atomic E-state index is 12.8. The van der Waals surface area contributed by atoms with E-state index in [1.807, 2.05) is 25.1 Å². The maximum atomic E-state index is 12.8. The van der Waals surface area contributed by atoms with Gasteiger partial charge in [0.15, 0.2) is 0 Å². The van der Waals surface area contributed by atoms with Crippen molar-refractivity contribution in [3.05, 3.63) is 60.2 Å². The average Bonchev–Trinajstić information content (AvgIpc) is 2.77. The molecule has 0 unspecified atom stereocenters. The Hall–Kier alpha value is -2.58. The lowest BCUT2D eigenvalue weighted by molar-refractivity contribution is -0.120. The second kappa shape index (κ2) is 10.2. The molecule has 1 aliphatic rings. The molecule has 1 N–H and O–H groups in total. The highest BCUT2D eigenvalue weighted by molar-refractivity contribution is 7.92. The Morgan fingerprint density at radius 2 is 1.74 bits per heavy atom. The Morgan fingerprint density at radius 1 is 1.10 bits per heavy atom. The zero-order chi connectivity index (χ0) is 22.3. The molecule has 2 aromatic rings. The largest absolute Gasteiger partial charge is 0.494 e. The number of amides is 1. The Balaban J connectivity index is 1.72. The first-order valence-corrected chi connectivity index (χ1v) is 12.3. The fourth-order valence-electron chi connectivity index (χ4n) is 3.85. The third kappa shape index (κ3) is 5.98. The molecule has 7 nitrogen and oxygen atoms in total. The van der Waals surface area contributed by atoms with Gasteiger partial charge < -0.3 is 14.8 Å². The van der Waals surface area contributed by atoms with Crippen molar-refractivity contribution in [3.8, 4) is 5.75 Å². The Morgan fingerprint density at radius 3 is 2.32 bits per heavy atom. The van der Waals surface area contributed by atoms with Crippen LogP contribution in [0.25, 0.3) is 0 Å². The van der Waals surface area contributed by atoms with Crippen LogP contribution in [0.4, 0.5) is 5.69 Å². The number of nitrogens with zero attached hydrogens (tertiary/aromatic N) is 1. The molecule has 0 bridgehead atoms. The Kier molecular flexibility index (Phi) is 7.56. The van der Waals surface area contributed by atoms with Crippen LogP contribution in [0.5, 0.6) is 5.75 Å². The SMILES string of the molecule is CCOc1ccc(N(CC(=O)NCC2(c3ccccc3)CCOCC2)S(C)(=O)=O)cc1. The van der Waals surface area contributed by atoms with E-state index in [9.17, 15) is 13.2 Å². The van der Waals surface area contributed by atoms with Crippen molar-refractivity contribution in [1.82, 2.24) is 5.32 Å². The van der Waals surface area contributed by atoms with Crippen molar-refractivity contribution < 1.29 is 22.7 Å². The highest BCUT2D eigenvalue weighted by atomic mass is 32.2. The highest BCUT2D eigenvalue weighted by Crippen LogP contribution is 2.34. The van der Waals surface area contributed by atoms with Crippen molar-refractivity contribution in [3.63, 3.8) is 0 Å². The van der Waals surface area contributed by atoms with Gasteiger partial charge in [-0.1, -0.05) is 30.3 Å². The van der Waals surface area contributed by atoms with E-state index in [0.717, 1.165) is 29.0 Å². The summed E-state index contributed by atoms with van der Waals surface area (Å²) >= 11 is 0. The van der Waals surface area contributed by atoms with Crippen LogP contribution in [0.15, 0.2) is 54.6 Å². The summed E-state index contributed by atoms with van der Waals surface area (Å²) in [5.41, 5.74) is 1.36. The van der Waals surface area contributed by atoms with E-state index in [0.29, 0.717) is 37.8 Å². The maximum Gasteiger partial charge on any atom is 0.240 e. The summed E-state index contributed by atoms with van der Waals surface area (Å²) < 4.78 is 36.8. The molecule has 0 atom stereocenters. The molecule has 0 radical (unpaired) electrons. The Labute approximate surface area is 184 Å². The van der Waals surface area contributed by atoms with Gasteiger partial charge in [0.2, 0.25) is 15.9 Å². The number of anilines is 1. The van der Waals surface area contributed by atoms with Gasteiger partial charge in [0.1, 0.15) is 12.3 Å². The number of hydrogen-bond acceptors (Lipinski definition) is 5. The minimum absolute atomic E-state index is 0.218. The van der Waals surface area contributed by atoms with Gasteiger partial charge in [0.25, 0.3) is 0 Å². The number of sulfonamides is 1. The van der Waals surface area contributed by atoms with Gasteiger partial charge >= 0.3 is 0 Å². The highest BCUT2D eigenvalue weighted by Gasteiger charge is 2.35. The van der Waals surface area contributed by atoms with E-state index in [1.54, 1.807) is 24.3 Å². The Bertz CT molecular complexity index is 955. The zero-order valence-electron chi connectivity index (χ0n) is 18.0. The summed E-state index contributed by atoms with van der Waals surface area (Å²) in [7, 11) is -3.64. The van der Waals surface area contributed by atoms with E-state index in [4.69, 9.17) is 9.47 Å². The lowest BCUT2D eigenvalue weighted by atomic mass is 9.74. The fraction of sp³-hybridized carbons (Fsp3) is 0.435. The monoisotopic (exact) mass is 446 g/mol. The van der Waals surface area contributed by atoms with Gasteiger partial charge in [-0.25, -0.2) is 8.42 Å². The van der Waals surface area contributed by atoms with Crippen LogP contribution in [0.2, 0.25) is 0 Å². The van der Waals surface area contributed by atoms with E-state index >= 15 is 0 Å². The van der Waals surface area contributed by atoms with Crippen molar-refractivity contribution in [1.29, 1.82) is 0 Å². The van der Waals surface area contributed by atoms with E-state index in [-0.39, 0.29) is 17.9 Å². The van der Waals surface area contributed by atoms with Crippen LogP contribution in [0.3, 0.4) is 0 Å². The standard InChI is InChI=1S/C23H30N2O5S/c1-3-30-21-11-9-20(10-12-21)25(31(2,27)28)17-22(26)24-18-23(13-15-29-16-14-23)19-7-5-4-6-8-19/h4-12H,3,13-18H2,1-2H3,(H,24,26). The van der Waals surface area contributed by atoms with Gasteiger partial charge in [0, 0.05) is 25.2 Å². The van der Waals surface area contributed by atoms with Gasteiger partial charge in [0.05, 0.1) is 18.6 Å². The second-order valence-electron chi connectivity index (χ2n) is 7.73. The van der Waals surface area contributed by atoms with Crippen LogP contribution in [0, 0.1) is 0 Å². The minimum atomic E-state index is -3.64. The quantitative estimate of drug-likeness (QED) is 0.640. The summed E-state index contributed by atoms with van der Waals surface area (Å²) in [6, 6.07) is 16.8. The van der Waals surface area contributed by atoms with Gasteiger partial charge in [-0.05, 0) is 49.6 Å². The summed E-state index contributed by atoms with van der Waals surface area (Å²) in [5, 5.41) is 2.97. The van der Waals surface area contributed by atoms with Crippen molar-refractivity contribution >= 4 is 21.6 Å². The topological polar surface area (TPSA) is 84.9 Å². The first-order valence-electron chi connectivity index (χ1n) is 10.4. The second-order valence-corrected chi connectivity index (χ2v) is 9.64. The van der Waals surface area contributed by atoms with Crippen LogP contribution < -0.4 is 14.4 Å². The predicted molar refractivity (Wildman–Crippen MR) is 121 cm³/mol. The number of rotatable bonds is 9. The van der Waals surface area contributed by atoms with E-state index < -0.39 is 10.0 Å². The molecule has 1 heterocycles. The van der Waals surface area contributed by atoms with E-state index in [1.165, 1.54) is 0 Å². The van der Waals surface area contributed by atoms with Crippen molar-refractivity contribution in [2.75, 3.05) is 43.5 Å². The number of carbonyl (C=O) groups is 1. The summed E-state index contributed by atoms with van der Waals surface area (Å²) in [4.78, 5) is 12.8. The molecular weight excluding hydrogens is 416 g/mol. The molecule has 1 aliphatic heterocycles. The van der Waals surface area contributed by atoms with Crippen LogP contribution in [-0.4, -0.2) is 53.5 Å². The number of benzene rings is 2. The molecule has 168 valence electrons.